The first kappa shape index (κ1) is 39.0. The van der Waals surface area contributed by atoms with Crippen molar-refractivity contribution in [1.82, 2.24) is 15.0 Å². The van der Waals surface area contributed by atoms with Gasteiger partial charge in [-0.1, -0.05) is 106 Å². The van der Waals surface area contributed by atoms with Crippen LogP contribution in [0.3, 0.4) is 0 Å². The van der Waals surface area contributed by atoms with Crippen LogP contribution in [0.4, 0.5) is 0 Å². The molecule has 10 nitrogen and oxygen atoms in total. The highest BCUT2D eigenvalue weighted by Crippen LogP contribution is 2.59. The molecule has 4 atom stereocenters. The number of carbonyl (C=O) groups excluding carboxylic acids is 2. The fourth-order valence-electron chi connectivity index (χ4n) is 8.19. The number of ether oxygens (including phenoxy) is 2. The number of ketones is 2. The maximum absolute atomic E-state index is 15.8. The highest BCUT2D eigenvalue weighted by molar-refractivity contribution is 6.74. The number of Topliss-reactive ketones (excluding diaryl/α,β-unsaturated/α-hetero) is 2. The largest absolute Gasteiger partial charge is 0.507 e. The van der Waals surface area contributed by atoms with Crippen LogP contribution >= 0.6 is 11.6 Å². The number of rotatable bonds is 11. The van der Waals surface area contributed by atoms with Crippen LogP contribution in [0.25, 0.3) is 5.76 Å². The molecule has 0 bridgehead atoms. The van der Waals surface area contributed by atoms with Crippen LogP contribution in [0, 0.1) is 11.8 Å². The smallest absolute Gasteiger partial charge is 0.265 e. The van der Waals surface area contributed by atoms with Crippen LogP contribution in [-0.2, 0) is 35.3 Å². The zero-order chi connectivity index (χ0) is 39.4. The van der Waals surface area contributed by atoms with Crippen molar-refractivity contribution in [3.05, 3.63) is 111 Å². The average molecular weight is 784 g/mol. The molecule has 3 aliphatic carbocycles. The predicted octanol–water partition coefficient (Wildman–Crippen LogP) is 9.12. The average Bonchev–Trinajstić information content (AvgIpc) is 3.56. The minimum atomic E-state index is -2.90. The summed E-state index contributed by atoms with van der Waals surface area (Å²) in [5, 5.41) is 16.7. The summed E-state index contributed by atoms with van der Waals surface area (Å²) >= 11 is 6.95. The molecule has 4 aromatic rings. The summed E-state index contributed by atoms with van der Waals surface area (Å²) in [4.78, 5) is 38.0. The summed E-state index contributed by atoms with van der Waals surface area (Å²) in [7, 11) is 0.887. The zero-order valence-electron chi connectivity index (χ0n) is 32.9. The topological polar surface area (TPSA) is 124 Å². The van der Waals surface area contributed by atoms with E-state index in [4.69, 9.17) is 35.0 Å². The highest BCUT2D eigenvalue weighted by atomic mass is 35.5. The maximum atomic E-state index is 15.8. The molecule has 3 aliphatic rings. The number of aromatic nitrogens is 2. The van der Waals surface area contributed by atoms with Crippen LogP contribution in [0.1, 0.15) is 90.6 Å². The monoisotopic (exact) mass is 783 g/mol. The molecular formula is C43H50ClN3O7Si. The van der Waals surface area contributed by atoms with E-state index >= 15 is 9.59 Å². The van der Waals surface area contributed by atoms with Crippen molar-refractivity contribution < 1.29 is 33.1 Å². The number of aryl methyl sites for hydroxylation is 1. The van der Waals surface area contributed by atoms with E-state index in [1.807, 2.05) is 99.7 Å². The molecule has 2 aromatic heterocycles. The van der Waals surface area contributed by atoms with Crippen LogP contribution < -0.4 is 9.47 Å². The molecule has 290 valence electrons. The Labute approximate surface area is 328 Å². The lowest BCUT2D eigenvalue weighted by Crippen LogP contribution is -2.68. The molecule has 2 heterocycles. The number of aliphatic hydroxyl groups is 1. The van der Waals surface area contributed by atoms with E-state index in [2.05, 4.69) is 25.9 Å². The maximum Gasteiger partial charge on any atom is 0.265 e. The Bertz CT molecular complexity index is 2140. The zero-order valence-corrected chi connectivity index (χ0v) is 34.6. The normalized spacial score (nSPS) is 22.3. The molecule has 0 spiro atoms. The summed E-state index contributed by atoms with van der Waals surface area (Å²) in [6.45, 7) is 12.7. The lowest BCUT2D eigenvalue weighted by molar-refractivity contribution is -0.140. The van der Waals surface area contributed by atoms with E-state index in [0.717, 1.165) is 17.5 Å². The van der Waals surface area contributed by atoms with Gasteiger partial charge in [-0.15, -0.1) is 0 Å². The number of hydrogen-bond acceptors (Lipinski definition) is 10. The molecular weight excluding hydrogens is 734 g/mol. The van der Waals surface area contributed by atoms with Gasteiger partial charge in [-0.05, 0) is 73.7 Å². The molecule has 2 aromatic carbocycles. The first-order valence-electron chi connectivity index (χ1n) is 19.0. The van der Waals surface area contributed by atoms with E-state index < -0.39 is 43.4 Å². The Kier molecular flexibility index (Phi) is 10.4. The Hall–Kier alpha value is -4.29. The summed E-state index contributed by atoms with van der Waals surface area (Å²) in [6.07, 6.45) is 1.93. The van der Waals surface area contributed by atoms with Gasteiger partial charge in [0.25, 0.3) is 5.88 Å². The third kappa shape index (κ3) is 6.62. The molecule has 1 fully saturated rings. The van der Waals surface area contributed by atoms with Crippen LogP contribution in [0.15, 0.2) is 70.8 Å². The minimum Gasteiger partial charge on any atom is -0.507 e. The summed E-state index contributed by atoms with van der Waals surface area (Å²) in [5.41, 5.74) is 1.61. The quantitative estimate of drug-likeness (QED) is 0.0895. The van der Waals surface area contributed by atoms with Crippen molar-refractivity contribution in [2.24, 2.45) is 11.8 Å². The highest BCUT2D eigenvalue weighted by Gasteiger charge is 2.69. The number of carbonyl (C=O) groups is 2. The third-order valence-corrected chi connectivity index (χ3v) is 16.6. The summed E-state index contributed by atoms with van der Waals surface area (Å²) in [5.74, 6) is -1.82. The number of benzene rings is 2. The van der Waals surface area contributed by atoms with Gasteiger partial charge in [0.1, 0.15) is 29.7 Å². The lowest BCUT2D eigenvalue weighted by Gasteiger charge is -2.55. The van der Waals surface area contributed by atoms with Crippen LogP contribution in [0.5, 0.6) is 11.6 Å². The number of fused-ring (bicyclic) bond motifs is 4. The van der Waals surface area contributed by atoms with Gasteiger partial charge in [0.2, 0.25) is 11.6 Å². The van der Waals surface area contributed by atoms with Gasteiger partial charge < -0.3 is 23.5 Å². The predicted molar refractivity (Wildman–Crippen MR) is 213 cm³/mol. The molecule has 55 heavy (non-hydrogen) atoms. The lowest BCUT2D eigenvalue weighted by atomic mass is 9.57. The number of aliphatic hydroxyl groups excluding tert-OH is 1. The van der Waals surface area contributed by atoms with E-state index in [-0.39, 0.29) is 46.2 Å². The van der Waals surface area contributed by atoms with Crippen molar-refractivity contribution in [3.63, 3.8) is 0 Å². The van der Waals surface area contributed by atoms with Crippen molar-refractivity contribution in [3.8, 4) is 11.6 Å². The first-order valence-corrected chi connectivity index (χ1v) is 22.3. The van der Waals surface area contributed by atoms with Crippen molar-refractivity contribution in [2.45, 2.75) is 96.4 Å². The van der Waals surface area contributed by atoms with Gasteiger partial charge in [-0.25, -0.2) is 4.98 Å². The van der Waals surface area contributed by atoms with Crippen LogP contribution in [0.2, 0.25) is 23.3 Å². The molecule has 0 aliphatic heterocycles. The van der Waals surface area contributed by atoms with Gasteiger partial charge in [-0.3, -0.25) is 14.5 Å². The second-order valence-electron chi connectivity index (χ2n) is 16.7. The Morgan fingerprint density at radius 3 is 2.16 bits per heavy atom. The minimum absolute atomic E-state index is 0.00753. The number of hydrogen-bond donors (Lipinski definition) is 1. The van der Waals surface area contributed by atoms with Crippen molar-refractivity contribution in [1.29, 1.82) is 0 Å². The van der Waals surface area contributed by atoms with E-state index in [1.54, 1.807) is 0 Å². The third-order valence-electron chi connectivity index (χ3n) is 11.9. The van der Waals surface area contributed by atoms with Gasteiger partial charge in [0, 0.05) is 17.1 Å². The Morgan fingerprint density at radius 2 is 1.58 bits per heavy atom. The number of halogens is 1. The molecule has 7 rings (SSSR count). The summed E-state index contributed by atoms with van der Waals surface area (Å²) in [6, 6.07) is 18.7. The SMILES string of the molecule is CCCc1nc(Cl)c2c(c1OCc1ccccc1)C(O)=C1C(=O)[C@]3(O[Si](C)(C)C(C)(C)C)C(=O)c4c(OCc5ccccc5)noc4[C@@H](N(C)C)[C@@H]3C[C@@H]1C2. The second-order valence-corrected chi connectivity index (χ2v) is 21.8. The Balaban J connectivity index is 1.42. The number of nitrogens with zero attached hydrogens (tertiary/aromatic N) is 3. The van der Waals surface area contributed by atoms with E-state index in [1.165, 1.54) is 0 Å². The van der Waals surface area contributed by atoms with Gasteiger partial charge in [-0.2, -0.15) is 0 Å². The molecule has 0 radical (unpaired) electrons. The molecule has 0 unspecified atom stereocenters. The Morgan fingerprint density at radius 1 is 0.964 bits per heavy atom. The standard InChI is InChI=1S/C43H50ClN3O7Si/c1-9-16-30-36(51-23-25-17-12-10-13-18-25)32-28(40(44)45-30)21-27-22-29-34(47(5)6)37-33(41(46-53-37)52-24-26-19-14-11-15-20-26)39(50)43(29,38(49)31(27)35(32)48)54-55(7,8)42(2,3)4/h10-15,17-20,27,29,34,48H,9,16,21-24H2,1-8H3/t27-,29-,34-,43-/m0/s1. The van der Waals surface area contributed by atoms with Gasteiger partial charge >= 0.3 is 0 Å². The van der Waals surface area contributed by atoms with Crippen molar-refractivity contribution in [2.75, 3.05) is 14.1 Å². The first-order chi connectivity index (χ1) is 26.1. The van der Waals surface area contributed by atoms with Crippen molar-refractivity contribution >= 4 is 37.2 Å². The fraction of sp³-hybridized carbons (Fsp3) is 0.442. The molecule has 0 saturated heterocycles. The molecule has 1 N–H and O–H groups in total. The van der Waals surface area contributed by atoms with Crippen LogP contribution in [-0.4, -0.2) is 59.7 Å². The van der Waals surface area contributed by atoms with Gasteiger partial charge in [0.15, 0.2) is 25.4 Å². The second kappa shape index (κ2) is 14.7. The summed E-state index contributed by atoms with van der Waals surface area (Å²) < 4.78 is 25.9. The molecule has 0 amide bonds. The number of pyridine rings is 1. The fourth-order valence-corrected chi connectivity index (χ4v) is 9.91. The van der Waals surface area contributed by atoms with E-state index in [9.17, 15) is 5.11 Å². The molecule has 1 saturated carbocycles. The van der Waals surface area contributed by atoms with E-state index in [0.29, 0.717) is 47.6 Å². The molecule has 12 heteroatoms. The van der Waals surface area contributed by atoms with Gasteiger partial charge in [0.05, 0.1) is 17.3 Å².